The number of aromatic nitrogens is 2. The van der Waals surface area contributed by atoms with Crippen LogP contribution in [0.25, 0.3) is 0 Å². The van der Waals surface area contributed by atoms with Gasteiger partial charge in [-0.25, -0.2) is 0 Å². The molecule has 2 aliphatic rings. The molecule has 2 aliphatic heterocycles. The zero-order valence-corrected chi connectivity index (χ0v) is 14.5. The predicted molar refractivity (Wildman–Crippen MR) is 91.8 cm³/mol. The number of hydrogen-bond acceptors (Lipinski definition) is 6. The van der Waals surface area contributed by atoms with E-state index >= 15 is 0 Å². The molecule has 2 atom stereocenters. The van der Waals surface area contributed by atoms with Crippen molar-refractivity contribution in [3.8, 4) is 17.2 Å². The lowest BCUT2D eigenvalue weighted by Gasteiger charge is -2.21. The van der Waals surface area contributed by atoms with Crippen LogP contribution in [-0.4, -0.2) is 54.3 Å². The molecule has 2 aromatic rings. The number of nitrogens with one attached hydrogen (secondary N) is 1. The van der Waals surface area contributed by atoms with Crippen molar-refractivity contribution >= 4 is 5.91 Å². The Hall–Kier alpha value is -2.74. The summed E-state index contributed by atoms with van der Waals surface area (Å²) < 4.78 is 24.2. The van der Waals surface area contributed by atoms with Crippen molar-refractivity contribution in [2.45, 2.75) is 25.6 Å². The molecule has 26 heavy (non-hydrogen) atoms. The number of aryl methyl sites for hydroxylation is 1. The molecule has 0 spiro atoms. The zero-order chi connectivity index (χ0) is 17.9. The van der Waals surface area contributed by atoms with E-state index in [1.54, 1.807) is 29.1 Å². The van der Waals surface area contributed by atoms with Crippen LogP contribution in [0, 0.1) is 0 Å². The van der Waals surface area contributed by atoms with E-state index in [1.165, 1.54) is 0 Å². The van der Waals surface area contributed by atoms with Gasteiger partial charge >= 0.3 is 0 Å². The van der Waals surface area contributed by atoms with E-state index in [-0.39, 0.29) is 18.1 Å². The Bertz CT molecular complexity index is 791. The fraction of sp³-hybridized carbons (Fsp3) is 0.444. The highest BCUT2D eigenvalue weighted by atomic mass is 16.6. The average Bonchev–Trinajstić information content (AvgIpc) is 3.31. The topological polar surface area (TPSA) is 83.8 Å². The van der Waals surface area contributed by atoms with Crippen molar-refractivity contribution in [1.29, 1.82) is 0 Å². The number of rotatable bonds is 5. The molecule has 8 nitrogen and oxygen atoms in total. The highest BCUT2D eigenvalue weighted by molar-refractivity contribution is 5.95. The molecule has 0 unspecified atom stereocenters. The Kier molecular flexibility index (Phi) is 4.66. The maximum absolute atomic E-state index is 12.6. The van der Waals surface area contributed by atoms with Crippen LogP contribution in [0.2, 0.25) is 0 Å². The monoisotopic (exact) mass is 359 g/mol. The van der Waals surface area contributed by atoms with Gasteiger partial charge in [0.1, 0.15) is 19.3 Å². The molecule has 1 N–H and O–H groups in total. The van der Waals surface area contributed by atoms with Crippen LogP contribution in [0.15, 0.2) is 30.6 Å². The smallest absolute Gasteiger partial charge is 0.251 e. The molecule has 4 rings (SSSR count). The fourth-order valence-electron chi connectivity index (χ4n) is 2.97. The van der Waals surface area contributed by atoms with Gasteiger partial charge in [-0.15, -0.1) is 0 Å². The number of nitrogens with zero attached hydrogens (tertiary/aromatic N) is 2. The van der Waals surface area contributed by atoms with Crippen LogP contribution in [0.4, 0.5) is 0 Å². The standard InChI is InChI=1S/C18H21N3O5/c1-2-21-9-13(8-19-21)26-17-11-23-10-14(17)20-18(22)12-3-4-15-16(7-12)25-6-5-24-15/h3-4,7-9,14,17H,2,5-6,10-11H2,1H3,(H,20,22)/t14-,17+/m0/s1. The number of carbonyl (C=O) groups is 1. The van der Waals surface area contributed by atoms with Crippen LogP contribution in [-0.2, 0) is 11.3 Å². The van der Waals surface area contributed by atoms with E-state index in [4.69, 9.17) is 18.9 Å². The van der Waals surface area contributed by atoms with Crippen LogP contribution in [0.3, 0.4) is 0 Å². The summed E-state index contributed by atoms with van der Waals surface area (Å²) in [6, 6.07) is 4.93. The van der Waals surface area contributed by atoms with E-state index in [0.717, 1.165) is 6.54 Å². The maximum atomic E-state index is 12.6. The Morgan fingerprint density at radius 3 is 2.96 bits per heavy atom. The molecule has 1 aromatic heterocycles. The van der Waals surface area contributed by atoms with Gasteiger partial charge < -0.3 is 24.3 Å². The highest BCUT2D eigenvalue weighted by Crippen LogP contribution is 2.30. The summed E-state index contributed by atoms with van der Waals surface area (Å²) in [5.74, 6) is 1.72. The normalized spacial score (nSPS) is 21.4. The molecule has 1 amide bonds. The first-order valence-corrected chi connectivity index (χ1v) is 8.70. The van der Waals surface area contributed by atoms with Crippen molar-refractivity contribution in [3.63, 3.8) is 0 Å². The molecule has 0 bridgehead atoms. The Balaban J connectivity index is 1.41. The van der Waals surface area contributed by atoms with E-state index in [9.17, 15) is 4.79 Å². The summed E-state index contributed by atoms with van der Waals surface area (Å²) >= 11 is 0. The first-order valence-electron chi connectivity index (χ1n) is 8.70. The van der Waals surface area contributed by atoms with Crippen LogP contribution in [0.1, 0.15) is 17.3 Å². The van der Waals surface area contributed by atoms with Gasteiger partial charge in [0.2, 0.25) is 0 Å². The number of carbonyl (C=O) groups excluding carboxylic acids is 1. The number of fused-ring (bicyclic) bond motifs is 1. The lowest BCUT2D eigenvalue weighted by molar-refractivity contribution is 0.0903. The van der Waals surface area contributed by atoms with Gasteiger partial charge in [0.25, 0.3) is 5.91 Å². The Labute approximate surface area is 151 Å². The molecular formula is C18H21N3O5. The molecule has 0 aliphatic carbocycles. The molecule has 138 valence electrons. The second-order valence-corrected chi connectivity index (χ2v) is 6.16. The number of hydrogen-bond donors (Lipinski definition) is 1. The molecule has 8 heteroatoms. The first-order chi connectivity index (χ1) is 12.7. The second-order valence-electron chi connectivity index (χ2n) is 6.16. The molecule has 1 fully saturated rings. The van der Waals surface area contributed by atoms with Crippen molar-refractivity contribution in [2.24, 2.45) is 0 Å². The second kappa shape index (κ2) is 7.25. The third-order valence-corrected chi connectivity index (χ3v) is 4.37. The quantitative estimate of drug-likeness (QED) is 0.865. The van der Waals surface area contributed by atoms with Gasteiger partial charge in [-0.1, -0.05) is 0 Å². The van der Waals surface area contributed by atoms with Gasteiger partial charge in [0.15, 0.2) is 17.2 Å². The molecular weight excluding hydrogens is 338 g/mol. The van der Waals surface area contributed by atoms with Gasteiger partial charge in [-0.05, 0) is 25.1 Å². The first kappa shape index (κ1) is 16.7. The maximum Gasteiger partial charge on any atom is 0.251 e. The number of amides is 1. The van der Waals surface area contributed by atoms with E-state index in [2.05, 4.69) is 10.4 Å². The molecule has 1 saturated heterocycles. The predicted octanol–water partition coefficient (Wildman–Crippen LogP) is 1.25. The highest BCUT2D eigenvalue weighted by Gasteiger charge is 2.32. The van der Waals surface area contributed by atoms with Crippen molar-refractivity contribution in [1.82, 2.24) is 15.1 Å². The summed E-state index contributed by atoms with van der Waals surface area (Å²) in [6.45, 7) is 4.61. The largest absolute Gasteiger partial charge is 0.486 e. The van der Waals surface area contributed by atoms with Crippen molar-refractivity contribution in [2.75, 3.05) is 26.4 Å². The molecule has 3 heterocycles. The van der Waals surface area contributed by atoms with E-state index in [1.807, 2.05) is 13.1 Å². The SMILES string of the molecule is CCn1cc(O[C@@H]2COC[C@@H]2NC(=O)c2ccc3c(c2)OCCO3)cn1. The lowest BCUT2D eigenvalue weighted by atomic mass is 10.1. The van der Waals surface area contributed by atoms with Gasteiger partial charge in [0.05, 0.1) is 31.6 Å². The summed E-state index contributed by atoms with van der Waals surface area (Å²) in [4.78, 5) is 12.6. The third-order valence-electron chi connectivity index (χ3n) is 4.37. The van der Waals surface area contributed by atoms with Gasteiger partial charge in [-0.2, -0.15) is 5.10 Å². The molecule has 0 radical (unpaired) electrons. The summed E-state index contributed by atoms with van der Waals surface area (Å²) in [6.07, 6.45) is 3.24. The summed E-state index contributed by atoms with van der Waals surface area (Å²) in [5, 5.41) is 7.17. The minimum absolute atomic E-state index is 0.199. The third kappa shape index (κ3) is 3.45. The summed E-state index contributed by atoms with van der Waals surface area (Å²) in [5.41, 5.74) is 0.513. The van der Waals surface area contributed by atoms with Crippen LogP contribution < -0.4 is 19.5 Å². The minimum Gasteiger partial charge on any atom is -0.486 e. The number of ether oxygens (including phenoxy) is 4. The fourth-order valence-corrected chi connectivity index (χ4v) is 2.97. The molecule has 0 saturated carbocycles. The van der Waals surface area contributed by atoms with Crippen LogP contribution in [0.5, 0.6) is 17.2 Å². The minimum atomic E-state index is -0.259. The van der Waals surface area contributed by atoms with Crippen molar-refractivity contribution < 1.29 is 23.7 Å². The number of benzene rings is 1. The average molecular weight is 359 g/mol. The van der Waals surface area contributed by atoms with E-state index < -0.39 is 0 Å². The van der Waals surface area contributed by atoms with Gasteiger partial charge in [0, 0.05) is 12.1 Å². The van der Waals surface area contributed by atoms with Crippen molar-refractivity contribution in [3.05, 3.63) is 36.2 Å². The summed E-state index contributed by atoms with van der Waals surface area (Å²) in [7, 11) is 0. The van der Waals surface area contributed by atoms with Gasteiger partial charge in [-0.3, -0.25) is 9.48 Å². The Morgan fingerprint density at radius 1 is 1.31 bits per heavy atom. The molecule has 1 aromatic carbocycles. The van der Waals surface area contributed by atoms with Crippen LogP contribution >= 0.6 is 0 Å². The zero-order valence-electron chi connectivity index (χ0n) is 14.5. The van der Waals surface area contributed by atoms with E-state index in [0.29, 0.717) is 49.2 Å². The lowest BCUT2D eigenvalue weighted by Crippen LogP contribution is -2.45. The Morgan fingerprint density at radius 2 is 2.15 bits per heavy atom.